The number of nitrogens with one attached hydrogen (secondary N) is 1. The molecule has 1 aliphatic rings. The zero-order valence-corrected chi connectivity index (χ0v) is 7.77. The maximum absolute atomic E-state index is 3.45. The molecule has 0 aromatic carbocycles. The fourth-order valence-electron chi connectivity index (χ4n) is 1.14. The minimum atomic E-state index is 1.07. The number of hydrogen-bond donors (Lipinski definition) is 1. The van der Waals surface area contributed by atoms with Crippen LogP contribution in [-0.4, -0.2) is 38.6 Å². The van der Waals surface area contributed by atoms with Crippen molar-refractivity contribution in [2.24, 2.45) is 5.92 Å². The minimum Gasteiger partial charge on any atom is -0.315 e. The predicted octanol–water partition coefficient (Wildman–Crippen LogP) is 0.938. The molecule has 1 N–H and O–H groups in total. The lowest BCUT2D eigenvalue weighted by Crippen LogP contribution is -2.27. The summed E-state index contributed by atoms with van der Waals surface area (Å²) in [6.45, 7) is 3.52. The van der Waals surface area contributed by atoms with Crippen LogP contribution in [0, 0.1) is 5.92 Å². The molecule has 0 aromatic heterocycles. The molecule has 0 saturated heterocycles. The predicted molar refractivity (Wildman–Crippen MR) is 48.8 cm³/mol. The van der Waals surface area contributed by atoms with Gasteiger partial charge < -0.3 is 10.2 Å². The lowest BCUT2D eigenvalue weighted by molar-refractivity contribution is 0.398. The van der Waals surface area contributed by atoms with Crippen molar-refractivity contribution < 1.29 is 0 Å². The van der Waals surface area contributed by atoms with Crippen LogP contribution < -0.4 is 5.32 Å². The zero-order valence-electron chi connectivity index (χ0n) is 7.77. The molecule has 0 bridgehead atoms. The van der Waals surface area contributed by atoms with Gasteiger partial charge in [0.05, 0.1) is 0 Å². The summed E-state index contributed by atoms with van der Waals surface area (Å²) in [6, 6.07) is 0. The van der Waals surface area contributed by atoms with Gasteiger partial charge in [-0.25, -0.2) is 0 Å². The molecule has 0 unspecified atom stereocenters. The average molecular weight is 156 g/mol. The Bertz CT molecular complexity index is 93.7. The van der Waals surface area contributed by atoms with Gasteiger partial charge in [-0.1, -0.05) is 12.8 Å². The van der Waals surface area contributed by atoms with Crippen LogP contribution in [0.2, 0.25) is 0 Å². The molecule has 0 aromatic rings. The normalized spacial score (nSPS) is 17.7. The first-order valence-electron chi connectivity index (χ1n) is 4.64. The van der Waals surface area contributed by atoms with Crippen molar-refractivity contribution in [1.29, 1.82) is 0 Å². The molecule has 11 heavy (non-hydrogen) atoms. The van der Waals surface area contributed by atoms with Crippen LogP contribution in [0.5, 0.6) is 0 Å². The molecule has 2 heteroatoms. The molecule has 0 aliphatic heterocycles. The molecule has 0 amide bonds. The van der Waals surface area contributed by atoms with Crippen molar-refractivity contribution >= 4 is 0 Å². The van der Waals surface area contributed by atoms with Crippen LogP contribution in [0.1, 0.15) is 19.3 Å². The Labute approximate surface area is 70.0 Å². The summed E-state index contributed by atoms with van der Waals surface area (Å²) in [7, 11) is 4.23. The Hall–Kier alpha value is -0.0800. The smallest absolute Gasteiger partial charge is 0.0101 e. The Kier molecular flexibility index (Phi) is 3.87. The van der Waals surface area contributed by atoms with Gasteiger partial charge in [0, 0.05) is 13.1 Å². The largest absolute Gasteiger partial charge is 0.315 e. The zero-order chi connectivity index (χ0) is 8.10. The van der Waals surface area contributed by atoms with E-state index in [4.69, 9.17) is 0 Å². The molecule has 1 rings (SSSR count). The second-order valence-corrected chi connectivity index (χ2v) is 3.79. The van der Waals surface area contributed by atoms with E-state index in [0.717, 1.165) is 19.0 Å². The Balaban J connectivity index is 1.73. The van der Waals surface area contributed by atoms with E-state index in [9.17, 15) is 0 Å². The van der Waals surface area contributed by atoms with Crippen LogP contribution in [0.3, 0.4) is 0 Å². The van der Waals surface area contributed by atoms with E-state index in [-0.39, 0.29) is 0 Å². The maximum atomic E-state index is 3.45. The van der Waals surface area contributed by atoms with Gasteiger partial charge in [-0.3, -0.25) is 0 Å². The highest BCUT2D eigenvalue weighted by atomic mass is 15.1. The molecule has 1 fully saturated rings. The molecular weight excluding hydrogens is 136 g/mol. The molecule has 2 nitrogen and oxygen atoms in total. The lowest BCUT2D eigenvalue weighted by Gasteiger charge is -2.09. The summed E-state index contributed by atoms with van der Waals surface area (Å²) in [4.78, 5) is 2.21. The van der Waals surface area contributed by atoms with Gasteiger partial charge in [0.15, 0.2) is 0 Å². The van der Waals surface area contributed by atoms with Crippen LogP contribution in [-0.2, 0) is 0 Å². The van der Waals surface area contributed by atoms with E-state index < -0.39 is 0 Å². The van der Waals surface area contributed by atoms with Gasteiger partial charge >= 0.3 is 0 Å². The quantitative estimate of drug-likeness (QED) is 0.576. The molecule has 0 heterocycles. The number of hydrogen-bond acceptors (Lipinski definition) is 2. The summed E-state index contributed by atoms with van der Waals surface area (Å²) >= 11 is 0. The molecule has 1 saturated carbocycles. The van der Waals surface area contributed by atoms with E-state index in [1.54, 1.807) is 0 Å². The van der Waals surface area contributed by atoms with Gasteiger partial charge in [0.25, 0.3) is 0 Å². The highest BCUT2D eigenvalue weighted by molar-refractivity contribution is 4.73. The van der Waals surface area contributed by atoms with Crippen LogP contribution >= 0.6 is 0 Å². The van der Waals surface area contributed by atoms with E-state index >= 15 is 0 Å². The number of rotatable bonds is 6. The standard InChI is InChI=1S/C9H20N2/c1-11(2)8-7-10-6-5-9-3-4-9/h9-10H,3-8H2,1-2H3. The van der Waals surface area contributed by atoms with Crippen molar-refractivity contribution in [2.45, 2.75) is 19.3 Å². The van der Waals surface area contributed by atoms with Crippen molar-refractivity contribution in [3.05, 3.63) is 0 Å². The summed E-state index contributed by atoms with van der Waals surface area (Å²) in [5.41, 5.74) is 0. The van der Waals surface area contributed by atoms with Crippen LogP contribution in [0.25, 0.3) is 0 Å². The SMILES string of the molecule is CN(C)CCNCCC1CC1. The third kappa shape index (κ3) is 5.22. The summed E-state index contributed by atoms with van der Waals surface area (Å²) in [6.07, 6.45) is 4.36. The van der Waals surface area contributed by atoms with E-state index in [2.05, 4.69) is 24.3 Å². The number of nitrogens with zero attached hydrogens (tertiary/aromatic N) is 1. The maximum Gasteiger partial charge on any atom is 0.0101 e. The van der Waals surface area contributed by atoms with E-state index in [1.165, 1.54) is 25.8 Å². The van der Waals surface area contributed by atoms with E-state index in [1.807, 2.05) is 0 Å². The van der Waals surface area contributed by atoms with E-state index in [0.29, 0.717) is 0 Å². The van der Waals surface area contributed by atoms with Crippen molar-refractivity contribution in [1.82, 2.24) is 10.2 Å². The van der Waals surface area contributed by atoms with Gasteiger partial charge in [0.1, 0.15) is 0 Å². The van der Waals surface area contributed by atoms with Crippen molar-refractivity contribution in [3.8, 4) is 0 Å². The third-order valence-corrected chi connectivity index (χ3v) is 2.16. The summed E-state index contributed by atoms with van der Waals surface area (Å²) < 4.78 is 0. The molecule has 0 atom stereocenters. The molecule has 0 radical (unpaired) electrons. The van der Waals surface area contributed by atoms with Gasteiger partial charge in [0.2, 0.25) is 0 Å². The lowest BCUT2D eigenvalue weighted by atomic mass is 10.3. The third-order valence-electron chi connectivity index (χ3n) is 2.16. The first-order valence-corrected chi connectivity index (χ1v) is 4.64. The molecule has 0 spiro atoms. The minimum absolute atomic E-state index is 1.07. The highest BCUT2D eigenvalue weighted by Gasteiger charge is 2.19. The van der Waals surface area contributed by atoms with Crippen molar-refractivity contribution in [3.63, 3.8) is 0 Å². The summed E-state index contributed by atoms with van der Waals surface area (Å²) in [5, 5.41) is 3.45. The molecular formula is C9H20N2. The van der Waals surface area contributed by atoms with Crippen molar-refractivity contribution in [2.75, 3.05) is 33.7 Å². The summed E-state index contributed by atoms with van der Waals surface area (Å²) in [5.74, 6) is 1.07. The first-order chi connectivity index (χ1) is 5.29. The van der Waals surface area contributed by atoms with Gasteiger partial charge in [-0.05, 0) is 33.0 Å². The molecule has 66 valence electrons. The fraction of sp³-hybridized carbons (Fsp3) is 1.00. The monoisotopic (exact) mass is 156 g/mol. The fourth-order valence-corrected chi connectivity index (χ4v) is 1.14. The van der Waals surface area contributed by atoms with Crippen LogP contribution in [0.4, 0.5) is 0 Å². The Morgan fingerprint density at radius 2 is 2.00 bits per heavy atom. The average Bonchev–Trinajstić information content (AvgIpc) is 2.70. The highest BCUT2D eigenvalue weighted by Crippen LogP contribution is 2.31. The second kappa shape index (κ2) is 4.73. The van der Waals surface area contributed by atoms with Gasteiger partial charge in [-0.15, -0.1) is 0 Å². The Morgan fingerprint density at radius 1 is 1.27 bits per heavy atom. The first kappa shape index (κ1) is 9.01. The molecule has 1 aliphatic carbocycles. The Morgan fingerprint density at radius 3 is 2.55 bits per heavy atom. The van der Waals surface area contributed by atoms with Crippen LogP contribution in [0.15, 0.2) is 0 Å². The second-order valence-electron chi connectivity index (χ2n) is 3.79. The number of likely N-dealkylation sites (N-methyl/N-ethyl adjacent to an activating group) is 1. The topological polar surface area (TPSA) is 15.3 Å². The van der Waals surface area contributed by atoms with Gasteiger partial charge in [-0.2, -0.15) is 0 Å².